The number of carbonyl (C=O) groups is 1. The molecule has 4 rings (SSSR count). The van der Waals surface area contributed by atoms with Crippen LogP contribution in [0, 0.1) is 10.1 Å². The molecule has 2 aromatic heterocycles. The number of nitrogens with one attached hydrogen (secondary N) is 2. The fourth-order valence-corrected chi connectivity index (χ4v) is 2.70. The lowest BCUT2D eigenvalue weighted by Gasteiger charge is -1.93. The van der Waals surface area contributed by atoms with E-state index in [-0.39, 0.29) is 28.3 Å². The summed E-state index contributed by atoms with van der Waals surface area (Å²) >= 11 is 0. The van der Waals surface area contributed by atoms with Crippen LogP contribution in [0.3, 0.4) is 0 Å². The second-order valence-electron chi connectivity index (χ2n) is 5.85. The van der Waals surface area contributed by atoms with Crippen LogP contribution in [0.5, 0.6) is 5.88 Å². The van der Waals surface area contributed by atoms with Gasteiger partial charge in [-0.15, -0.1) is 10.2 Å². The number of aromatic hydroxyl groups is 1. The van der Waals surface area contributed by atoms with Crippen LogP contribution in [-0.2, 0) is 0 Å². The highest BCUT2D eigenvalue weighted by atomic mass is 16.6. The normalized spacial score (nSPS) is 11.3. The molecule has 0 aliphatic rings. The fourth-order valence-electron chi connectivity index (χ4n) is 2.70. The Hall–Kier alpha value is -4.34. The first-order chi connectivity index (χ1) is 13.5. The van der Waals surface area contributed by atoms with E-state index in [1.165, 1.54) is 24.3 Å². The van der Waals surface area contributed by atoms with Crippen LogP contribution in [-0.4, -0.2) is 31.1 Å². The summed E-state index contributed by atoms with van der Waals surface area (Å²) < 4.78 is 0. The van der Waals surface area contributed by atoms with Crippen molar-refractivity contribution in [2.24, 2.45) is 10.2 Å². The Kier molecular flexibility index (Phi) is 4.13. The molecular weight excluding hydrogens is 364 g/mol. The molecule has 10 heteroatoms. The Morgan fingerprint density at radius 2 is 1.93 bits per heavy atom. The Morgan fingerprint density at radius 1 is 1.14 bits per heavy atom. The third kappa shape index (κ3) is 3.09. The molecule has 0 aliphatic heterocycles. The summed E-state index contributed by atoms with van der Waals surface area (Å²) in [5.74, 6) is -1.05. The molecule has 0 bridgehead atoms. The second kappa shape index (κ2) is 6.76. The van der Waals surface area contributed by atoms with Gasteiger partial charge in [-0.3, -0.25) is 20.0 Å². The van der Waals surface area contributed by atoms with E-state index < -0.39 is 10.8 Å². The van der Waals surface area contributed by atoms with Crippen LogP contribution in [0.4, 0.5) is 11.4 Å². The largest absolute Gasteiger partial charge is 0.493 e. The van der Waals surface area contributed by atoms with Gasteiger partial charge in [0.1, 0.15) is 5.69 Å². The Labute approximate surface area is 156 Å². The van der Waals surface area contributed by atoms with Crippen LogP contribution in [0.1, 0.15) is 10.5 Å². The highest BCUT2D eigenvalue weighted by Crippen LogP contribution is 2.37. The van der Waals surface area contributed by atoms with Crippen molar-refractivity contribution < 1.29 is 14.8 Å². The summed E-state index contributed by atoms with van der Waals surface area (Å²) in [6.45, 7) is 0. The van der Waals surface area contributed by atoms with Gasteiger partial charge in [-0.25, -0.2) is 0 Å². The van der Waals surface area contributed by atoms with Gasteiger partial charge in [0, 0.05) is 23.1 Å². The molecule has 3 N–H and O–H groups in total. The van der Waals surface area contributed by atoms with Gasteiger partial charge in [0.15, 0.2) is 5.69 Å². The second-order valence-corrected chi connectivity index (χ2v) is 5.85. The first kappa shape index (κ1) is 17.1. The number of nitro groups is 1. The van der Waals surface area contributed by atoms with E-state index in [4.69, 9.17) is 0 Å². The van der Waals surface area contributed by atoms with Crippen LogP contribution in [0.2, 0.25) is 0 Å². The molecule has 0 fully saturated rings. The van der Waals surface area contributed by atoms with Gasteiger partial charge in [0.25, 0.3) is 5.69 Å². The van der Waals surface area contributed by atoms with Crippen LogP contribution in [0.15, 0.2) is 64.8 Å². The van der Waals surface area contributed by atoms with Gasteiger partial charge >= 0.3 is 5.91 Å². The van der Waals surface area contributed by atoms with E-state index in [9.17, 15) is 20.0 Å². The maximum atomic E-state index is 12.3. The van der Waals surface area contributed by atoms with Crippen molar-refractivity contribution >= 4 is 28.2 Å². The highest BCUT2D eigenvalue weighted by Gasteiger charge is 2.16. The number of aromatic nitrogens is 3. The number of rotatable bonds is 4. The van der Waals surface area contributed by atoms with Crippen LogP contribution in [0.25, 0.3) is 22.2 Å². The molecule has 10 nitrogen and oxygen atoms in total. The summed E-state index contributed by atoms with van der Waals surface area (Å²) in [7, 11) is 0. The van der Waals surface area contributed by atoms with Crippen LogP contribution >= 0.6 is 0 Å². The molecule has 0 saturated carbocycles. The molecule has 0 saturated heterocycles. The number of amides is 1. The number of benzene rings is 2. The minimum Gasteiger partial charge on any atom is -0.493 e. The molecule has 2 aromatic carbocycles. The molecule has 2 heterocycles. The topological polar surface area (TPSA) is 150 Å². The van der Waals surface area contributed by atoms with E-state index in [1.807, 2.05) is 30.3 Å². The van der Waals surface area contributed by atoms with Crippen molar-refractivity contribution in [2.45, 2.75) is 0 Å². The molecular formula is C18H12N6O4. The number of carbonyl (C=O) groups excluding carboxylic acids is 1. The molecule has 0 atom stereocenters. The summed E-state index contributed by atoms with van der Waals surface area (Å²) in [6.07, 6.45) is 0. The Balaban J connectivity index is 1.63. The monoisotopic (exact) mass is 376 g/mol. The Bertz CT molecular complexity index is 1230. The van der Waals surface area contributed by atoms with Crippen LogP contribution < -0.4 is 0 Å². The van der Waals surface area contributed by atoms with E-state index in [0.29, 0.717) is 11.2 Å². The Morgan fingerprint density at radius 3 is 2.68 bits per heavy atom. The van der Waals surface area contributed by atoms with Gasteiger partial charge in [-0.1, -0.05) is 30.3 Å². The number of H-pyrrole nitrogens is 2. The number of fused-ring (bicyclic) bond motifs is 1. The smallest absolute Gasteiger partial charge is 0.313 e. The fraction of sp³-hybridized carbons (Fsp3) is 0. The number of nitrogens with zero attached hydrogens (tertiary/aromatic N) is 4. The average Bonchev–Trinajstić information content (AvgIpc) is 3.31. The number of nitro benzene ring substituents is 1. The SMILES string of the molecule is O=C(N=Nc1c(O)[nH]c2ccc([N+](=O)[O-])cc12)c1cc(-c2ccccc2)n[nH]1. The van der Waals surface area contributed by atoms with Crippen molar-refractivity contribution in [1.29, 1.82) is 0 Å². The zero-order valence-electron chi connectivity index (χ0n) is 14.2. The first-order valence-corrected chi connectivity index (χ1v) is 8.09. The number of hydrogen-bond donors (Lipinski definition) is 3. The molecule has 4 aromatic rings. The lowest BCUT2D eigenvalue weighted by atomic mass is 10.1. The summed E-state index contributed by atoms with van der Waals surface area (Å²) in [5.41, 5.74) is 1.72. The predicted molar refractivity (Wildman–Crippen MR) is 99.5 cm³/mol. The van der Waals surface area contributed by atoms with Crippen molar-refractivity contribution in [3.8, 4) is 17.1 Å². The van der Waals surface area contributed by atoms with E-state index in [1.54, 1.807) is 0 Å². The van der Waals surface area contributed by atoms with E-state index >= 15 is 0 Å². The maximum absolute atomic E-state index is 12.3. The zero-order valence-corrected chi connectivity index (χ0v) is 14.2. The molecule has 0 aliphatic carbocycles. The average molecular weight is 376 g/mol. The van der Waals surface area contributed by atoms with Gasteiger partial charge in [-0.2, -0.15) is 5.10 Å². The van der Waals surface area contributed by atoms with Crippen molar-refractivity contribution in [3.63, 3.8) is 0 Å². The molecule has 0 unspecified atom stereocenters. The predicted octanol–water partition coefficient (Wildman–Crippen LogP) is 4.10. The van der Waals surface area contributed by atoms with Gasteiger partial charge in [0.05, 0.1) is 16.1 Å². The van der Waals surface area contributed by atoms with Gasteiger partial charge in [-0.05, 0) is 12.1 Å². The number of azo groups is 1. The number of hydrogen-bond acceptors (Lipinski definition) is 6. The molecule has 28 heavy (non-hydrogen) atoms. The first-order valence-electron chi connectivity index (χ1n) is 8.09. The lowest BCUT2D eigenvalue weighted by Crippen LogP contribution is -1.93. The highest BCUT2D eigenvalue weighted by molar-refractivity contribution is 5.97. The molecule has 1 amide bonds. The molecule has 0 spiro atoms. The number of non-ortho nitro benzene ring substituents is 1. The third-order valence-electron chi connectivity index (χ3n) is 4.07. The van der Waals surface area contributed by atoms with Gasteiger partial charge in [0.2, 0.25) is 5.88 Å². The van der Waals surface area contributed by atoms with E-state index in [2.05, 4.69) is 25.4 Å². The zero-order chi connectivity index (χ0) is 19.7. The summed E-state index contributed by atoms with van der Waals surface area (Å²) in [6, 6.07) is 14.8. The standard InChI is InChI=1S/C18H12N6O4/c25-17(15-9-14(20-21-15)10-4-2-1-3-5-10)23-22-16-12-8-11(24(27)28)6-7-13(12)19-18(16)26/h1-9,19,26H,(H,20,21). The van der Waals surface area contributed by atoms with Crippen molar-refractivity contribution in [1.82, 2.24) is 15.2 Å². The summed E-state index contributed by atoms with van der Waals surface area (Å²) in [5, 5.41) is 35.3. The molecule has 138 valence electrons. The minimum absolute atomic E-state index is 0.0603. The quantitative estimate of drug-likeness (QED) is 0.278. The molecule has 0 radical (unpaired) electrons. The third-order valence-corrected chi connectivity index (χ3v) is 4.07. The van der Waals surface area contributed by atoms with Crippen molar-refractivity contribution in [2.75, 3.05) is 0 Å². The lowest BCUT2D eigenvalue weighted by molar-refractivity contribution is -0.384. The number of aromatic amines is 2. The minimum atomic E-state index is -0.700. The summed E-state index contributed by atoms with van der Waals surface area (Å²) in [4.78, 5) is 25.3. The van der Waals surface area contributed by atoms with E-state index in [0.717, 1.165) is 5.56 Å². The van der Waals surface area contributed by atoms with Crippen molar-refractivity contribution in [3.05, 3.63) is 70.4 Å². The van der Waals surface area contributed by atoms with Gasteiger partial charge < -0.3 is 10.1 Å². The maximum Gasteiger partial charge on any atom is 0.313 e.